The van der Waals surface area contributed by atoms with Gasteiger partial charge < -0.3 is 25.4 Å². The summed E-state index contributed by atoms with van der Waals surface area (Å²) in [6.07, 6.45) is 6.27. The maximum Gasteiger partial charge on any atom is 0.309 e. The van der Waals surface area contributed by atoms with Gasteiger partial charge in [-0.1, -0.05) is 42.5 Å². The van der Waals surface area contributed by atoms with Gasteiger partial charge >= 0.3 is 5.97 Å². The Balaban J connectivity index is 1.79. The topological polar surface area (TPSA) is 125 Å². The number of nitrogens with one attached hydrogen (secondary N) is 2. The summed E-state index contributed by atoms with van der Waals surface area (Å²) in [6.45, 7) is 2.77. The highest BCUT2D eigenvalue weighted by molar-refractivity contribution is 6.00. The Labute approximate surface area is 212 Å². The number of aliphatic hydroxyl groups excluding tert-OH is 1. The van der Waals surface area contributed by atoms with Crippen molar-refractivity contribution in [2.75, 3.05) is 26.3 Å². The fourth-order valence-corrected chi connectivity index (χ4v) is 4.44. The van der Waals surface area contributed by atoms with E-state index in [0.29, 0.717) is 19.5 Å². The SMILES string of the molecule is C[C@@H](CO)NC(=O)C1CC=CCC(CC(=O)N2CCCC2)C(=O)OCC(Cc2ccccc2)NC1=O. The third-order valence-electron chi connectivity index (χ3n) is 6.57. The van der Waals surface area contributed by atoms with Gasteiger partial charge in [-0.05, 0) is 44.6 Å². The van der Waals surface area contributed by atoms with Gasteiger partial charge in [0.05, 0.1) is 18.6 Å². The van der Waals surface area contributed by atoms with Crippen molar-refractivity contribution in [2.24, 2.45) is 11.8 Å². The monoisotopic (exact) mass is 499 g/mol. The third kappa shape index (κ3) is 8.19. The number of ether oxygens (including phenoxy) is 1. The second-order valence-corrected chi connectivity index (χ2v) is 9.60. The van der Waals surface area contributed by atoms with Gasteiger partial charge in [-0.15, -0.1) is 0 Å². The van der Waals surface area contributed by atoms with E-state index in [1.165, 1.54) is 0 Å². The van der Waals surface area contributed by atoms with Crippen LogP contribution in [-0.4, -0.2) is 72.1 Å². The van der Waals surface area contributed by atoms with E-state index in [1.807, 2.05) is 30.3 Å². The first-order chi connectivity index (χ1) is 17.4. The van der Waals surface area contributed by atoms with E-state index in [9.17, 15) is 24.3 Å². The molecular weight excluding hydrogens is 462 g/mol. The van der Waals surface area contributed by atoms with E-state index in [4.69, 9.17) is 4.74 Å². The van der Waals surface area contributed by atoms with E-state index >= 15 is 0 Å². The summed E-state index contributed by atoms with van der Waals surface area (Å²) in [7, 11) is 0. The van der Waals surface area contributed by atoms with Gasteiger partial charge in [0.25, 0.3) is 0 Å². The van der Waals surface area contributed by atoms with Gasteiger partial charge in [-0.3, -0.25) is 19.2 Å². The second-order valence-electron chi connectivity index (χ2n) is 9.60. The molecule has 2 heterocycles. The number of aliphatic hydroxyl groups is 1. The molecule has 196 valence electrons. The normalized spacial score (nSPS) is 24.2. The minimum atomic E-state index is -1.01. The molecule has 1 fully saturated rings. The number of hydrogen-bond donors (Lipinski definition) is 3. The quantitative estimate of drug-likeness (QED) is 0.296. The first-order valence-electron chi connectivity index (χ1n) is 12.7. The number of hydrogen-bond acceptors (Lipinski definition) is 6. The number of cyclic esters (lactones) is 1. The van der Waals surface area contributed by atoms with Gasteiger partial charge in [0.15, 0.2) is 0 Å². The van der Waals surface area contributed by atoms with Crippen LogP contribution in [0.1, 0.15) is 44.6 Å². The standard InChI is InChI=1S/C27H37N3O6/c1-19(17-31)28-25(33)23-12-6-5-11-21(16-24(32)30-13-7-8-14-30)27(35)36-18-22(29-26(23)34)15-20-9-3-2-4-10-20/h2-6,9-10,19,21-23,31H,7-8,11-18H2,1H3,(H,28,33)(H,29,34)/t19-,21?,22?,23?/m0/s1. The number of amides is 3. The van der Waals surface area contributed by atoms with Crippen molar-refractivity contribution in [1.82, 2.24) is 15.5 Å². The molecule has 3 amide bonds. The van der Waals surface area contributed by atoms with Crippen LogP contribution < -0.4 is 10.6 Å². The fourth-order valence-electron chi connectivity index (χ4n) is 4.44. The average molecular weight is 500 g/mol. The van der Waals surface area contributed by atoms with Crippen LogP contribution in [0.4, 0.5) is 0 Å². The molecule has 2 aliphatic rings. The van der Waals surface area contributed by atoms with Gasteiger partial charge in [0.2, 0.25) is 17.7 Å². The molecule has 3 unspecified atom stereocenters. The van der Waals surface area contributed by atoms with Crippen molar-refractivity contribution >= 4 is 23.7 Å². The first kappa shape index (κ1) is 27.4. The predicted octanol–water partition coefficient (Wildman–Crippen LogP) is 1.35. The summed E-state index contributed by atoms with van der Waals surface area (Å²) in [5, 5.41) is 14.8. The Morgan fingerprint density at radius 1 is 1.14 bits per heavy atom. The predicted molar refractivity (Wildman–Crippen MR) is 134 cm³/mol. The molecule has 1 saturated heterocycles. The molecule has 0 aromatic heterocycles. The highest BCUT2D eigenvalue weighted by Gasteiger charge is 2.31. The van der Waals surface area contributed by atoms with E-state index in [2.05, 4.69) is 10.6 Å². The zero-order valence-electron chi connectivity index (χ0n) is 20.9. The largest absolute Gasteiger partial charge is 0.463 e. The molecule has 0 spiro atoms. The lowest BCUT2D eigenvalue weighted by molar-refractivity contribution is -0.152. The molecule has 36 heavy (non-hydrogen) atoms. The Hall–Kier alpha value is -3.20. The highest BCUT2D eigenvalue weighted by Crippen LogP contribution is 2.19. The fraction of sp³-hybridized carbons (Fsp3) is 0.556. The number of likely N-dealkylation sites (tertiary alicyclic amines) is 1. The molecule has 0 bridgehead atoms. The Morgan fingerprint density at radius 2 is 1.83 bits per heavy atom. The van der Waals surface area contributed by atoms with Crippen LogP contribution in [0.25, 0.3) is 0 Å². The number of nitrogens with zero attached hydrogens (tertiary/aromatic N) is 1. The van der Waals surface area contributed by atoms with Crippen LogP contribution in [-0.2, 0) is 30.3 Å². The number of benzene rings is 1. The van der Waals surface area contributed by atoms with Crippen LogP contribution in [0.5, 0.6) is 0 Å². The summed E-state index contributed by atoms with van der Waals surface area (Å²) in [6, 6.07) is 8.45. The maximum absolute atomic E-state index is 13.1. The highest BCUT2D eigenvalue weighted by atomic mass is 16.5. The Kier molecular flexibility index (Phi) is 10.5. The van der Waals surface area contributed by atoms with Crippen LogP contribution in [0, 0.1) is 11.8 Å². The summed E-state index contributed by atoms with van der Waals surface area (Å²) in [4.78, 5) is 53.4. The lowest BCUT2D eigenvalue weighted by Gasteiger charge is -2.25. The van der Waals surface area contributed by atoms with Crippen molar-refractivity contribution in [3.05, 3.63) is 48.0 Å². The molecule has 4 atom stereocenters. The second kappa shape index (κ2) is 13.8. The Bertz CT molecular complexity index is 929. The summed E-state index contributed by atoms with van der Waals surface area (Å²) >= 11 is 0. The Morgan fingerprint density at radius 3 is 2.53 bits per heavy atom. The zero-order valence-corrected chi connectivity index (χ0v) is 20.9. The number of esters is 1. The van der Waals surface area contributed by atoms with Crippen molar-refractivity contribution in [1.29, 1.82) is 0 Å². The van der Waals surface area contributed by atoms with Crippen LogP contribution >= 0.6 is 0 Å². The molecule has 3 rings (SSSR count). The lowest BCUT2D eigenvalue weighted by Crippen LogP contribution is -2.49. The van der Waals surface area contributed by atoms with Gasteiger partial charge in [-0.25, -0.2) is 0 Å². The summed E-state index contributed by atoms with van der Waals surface area (Å²) in [5.41, 5.74) is 0.946. The van der Waals surface area contributed by atoms with Crippen LogP contribution in [0.15, 0.2) is 42.5 Å². The summed E-state index contributed by atoms with van der Waals surface area (Å²) < 4.78 is 5.61. The smallest absolute Gasteiger partial charge is 0.309 e. The van der Waals surface area contributed by atoms with E-state index in [-0.39, 0.29) is 38.4 Å². The molecule has 1 aromatic carbocycles. The van der Waals surface area contributed by atoms with Crippen molar-refractivity contribution in [3.63, 3.8) is 0 Å². The molecule has 9 heteroatoms. The number of carbonyl (C=O) groups excluding carboxylic acids is 4. The molecule has 1 aromatic rings. The van der Waals surface area contributed by atoms with E-state index in [1.54, 1.807) is 24.0 Å². The van der Waals surface area contributed by atoms with Gasteiger partial charge in [-0.2, -0.15) is 0 Å². The van der Waals surface area contributed by atoms with Crippen molar-refractivity contribution in [3.8, 4) is 0 Å². The summed E-state index contributed by atoms with van der Waals surface area (Å²) in [5.74, 6) is -3.12. The van der Waals surface area contributed by atoms with Crippen LogP contribution in [0.3, 0.4) is 0 Å². The average Bonchev–Trinajstić information content (AvgIpc) is 3.41. The van der Waals surface area contributed by atoms with Crippen molar-refractivity contribution in [2.45, 2.75) is 57.5 Å². The van der Waals surface area contributed by atoms with Gasteiger partial charge in [0, 0.05) is 25.6 Å². The maximum atomic E-state index is 13.1. The molecule has 0 radical (unpaired) electrons. The lowest BCUT2D eigenvalue weighted by atomic mass is 9.97. The number of carbonyl (C=O) groups is 4. The van der Waals surface area contributed by atoms with Gasteiger partial charge in [0.1, 0.15) is 12.5 Å². The molecule has 2 aliphatic heterocycles. The van der Waals surface area contributed by atoms with E-state index < -0.39 is 41.7 Å². The molecule has 0 saturated carbocycles. The molecular formula is C27H37N3O6. The number of allylic oxidation sites excluding steroid dienone is 2. The van der Waals surface area contributed by atoms with Crippen molar-refractivity contribution < 1.29 is 29.0 Å². The zero-order chi connectivity index (χ0) is 25.9. The molecule has 3 N–H and O–H groups in total. The first-order valence-corrected chi connectivity index (χ1v) is 12.7. The minimum absolute atomic E-state index is 0.0562. The minimum Gasteiger partial charge on any atom is -0.463 e. The molecule has 9 nitrogen and oxygen atoms in total. The molecule has 0 aliphatic carbocycles. The number of rotatable bonds is 7. The van der Waals surface area contributed by atoms with Crippen LogP contribution in [0.2, 0.25) is 0 Å². The van der Waals surface area contributed by atoms with E-state index in [0.717, 1.165) is 18.4 Å². The third-order valence-corrected chi connectivity index (χ3v) is 6.57.